The van der Waals surface area contributed by atoms with Crippen molar-refractivity contribution in [2.75, 3.05) is 29.2 Å². The largest absolute Gasteiger partial charge is 0.416 e. The van der Waals surface area contributed by atoms with Crippen molar-refractivity contribution in [1.82, 2.24) is 5.27 Å². The zero-order valence-electron chi connectivity index (χ0n) is 21.7. The van der Waals surface area contributed by atoms with Crippen LogP contribution in [0, 0.1) is 0 Å². The van der Waals surface area contributed by atoms with Gasteiger partial charge in [0.1, 0.15) is 0 Å². The smallest absolute Gasteiger partial charge is 0.348 e. The van der Waals surface area contributed by atoms with Gasteiger partial charge in [-0.2, -0.15) is 13.2 Å². The third kappa shape index (κ3) is 6.42. The van der Waals surface area contributed by atoms with Crippen molar-refractivity contribution >= 4 is 29.2 Å². The second-order valence-corrected chi connectivity index (χ2v) is 9.88. The number of rotatable bonds is 6. The molecule has 10 nitrogen and oxygen atoms in total. The Kier molecular flexibility index (Phi) is 7.76. The van der Waals surface area contributed by atoms with Crippen molar-refractivity contribution in [3.05, 3.63) is 65.9 Å². The number of nitrogens with one attached hydrogen (secondary N) is 3. The van der Waals surface area contributed by atoms with E-state index in [9.17, 15) is 22.8 Å². The Labute approximate surface area is 227 Å². The molecule has 40 heavy (non-hydrogen) atoms. The van der Waals surface area contributed by atoms with Gasteiger partial charge in [-0.25, -0.2) is 4.79 Å². The van der Waals surface area contributed by atoms with Crippen molar-refractivity contribution in [2.45, 2.75) is 56.5 Å². The molecule has 212 valence electrons. The van der Waals surface area contributed by atoms with Gasteiger partial charge >= 0.3 is 18.1 Å². The molecule has 0 radical (unpaired) electrons. The van der Waals surface area contributed by atoms with E-state index in [-0.39, 0.29) is 23.3 Å². The van der Waals surface area contributed by atoms with Crippen LogP contribution in [0.2, 0.25) is 0 Å². The Morgan fingerprint density at radius 2 is 1.65 bits per heavy atom. The molecule has 2 aliphatic rings. The second kappa shape index (κ2) is 11.3. The SMILES string of the molecule is C[C@H](C(=O)Nc1cc(NC(=O)Nc2c[n+](C3CCC4(CC3)OCCO4)no2)cc(C(F)(F)F)c1)c1ccccc1. The number of anilines is 3. The first-order valence-corrected chi connectivity index (χ1v) is 12.9. The lowest BCUT2D eigenvalue weighted by Gasteiger charge is -2.32. The fourth-order valence-corrected chi connectivity index (χ4v) is 4.93. The molecular weight excluding hydrogens is 531 g/mol. The number of ether oxygens (including phenoxy) is 2. The fourth-order valence-electron chi connectivity index (χ4n) is 4.93. The maximum absolute atomic E-state index is 13.6. The van der Waals surface area contributed by atoms with Gasteiger partial charge in [0.15, 0.2) is 11.8 Å². The molecule has 3 aromatic rings. The van der Waals surface area contributed by atoms with Crippen LogP contribution in [-0.2, 0) is 20.4 Å². The van der Waals surface area contributed by atoms with Gasteiger partial charge in [0.2, 0.25) is 11.2 Å². The van der Waals surface area contributed by atoms with E-state index >= 15 is 0 Å². The molecule has 2 aromatic carbocycles. The number of amides is 3. The van der Waals surface area contributed by atoms with E-state index in [0.29, 0.717) is 31.6 Å². The van der Waals surface area contributed by atoms with Gasteiger partial charge in [0.25, 0.3) is 6.20 Å². The van der Waals surface area contributed by atoms with Gasteiger partial charge in [-0.1, -0.05) is 30.3 Å². The molecule has 1 aliphatic carbocycles. The van der Waals surface area contributed by atoms with Crippen molar-refractivity contribution in [1.29, 1.82) is 0 Å². The molecular formula is C27H29F3N5O5+. The third-order valence-electron chi connectivity index (χ3n) is 7.10. The van der Waals surface area contributed by atoms with Gasteiger partial charge < -0.3 is 20.1 Å². The quantitative estimate of drug-likeness (QED) is 0.356. The molecule has 2 fully saturated rings. The zero-order valence-corrected chi connectivity index (χ0v) is 21.7. The average molecular weight is 561 g/mol. The number of benzene rings is 2. The Morgan fingerprint density at radius 1 is 1.00 bits per heavy atom. The summed E-state index contributed by atoms with van der Waals surface area (Å²) in [6.45, 7) is 2.81. The monoisotopic (exact) mass is 560 g/mol. The number of halogens is 3. The van der Waals surface area contributed by atoms with Crippen molar-refractivity contribution in [2.24, 2.45) is 0 Å². The Hall–Kier alpha value is -3.97. The Balaban J connectivity index is 1.23. The molecule has 1 saturated heterocycles. The Bertz CT molecular complexity index is 1350. The van der Waals surface area contributed by atoms with Crippen molar-refractivity contribution in [3.8, 4) is 0 Å². The molecule has 3 amide bonds. The Morgan fingerprint density at radius 3 is 2.30 bits per heavy atom. The summed E-state index contributed by atoms with van der Waals surface area (Å²) in [6, 6.07) is 10.9. The minimum Gasteiger partial charge on any atom is -0.348 e. The van der Waals surface area contributed by atoms with Crippen LogP contribution >= 0.6 is 0 Å². The summed E-state index contributed by atoms with van der Waals surface area (Å²) in [5.74, 6) is -1.61. The van der Waals surface area contributed by atoms with Crippen LogP contribution in [0.5, 0.6) is 0 Å². The van der Waals surface area contributed by atoms with E-state index in [1.165, 1.54) is 12.3 Å². The van der Waals surface area contributed by atoms with Crippen molar-refractivity contribution in [3.63, 3.8) is 0 Å². The number of hydrogen-bond donors (Lipinski definition) is 3. The van der Waals surface area contributed by atoms with Gasteiger partial charge in [-0.05, 0) is 35.4 Å². The number of alkyl halides is 3. The van der Waals surface area contributed by atoms with Crippen LogP contribution in [0.4, 0.5) is 35.2 Å². The molecule has 13 heteroatoms. The van der Waals surface area contributed by atoms with E-state index in [2.05, 4.69) is 21.2 Å². The van der Waals surface area contributed by atoms with Crippen molar-refractivity contribution < 1.29 is 41.4 Å². The summed E-state index contributed by atoms with van der Waals surface area (Å²) < 4.78 is 59.0. The van der Waals surface area contributed by atoms with Crippen LogP contribution in [-0.4, -0.2) is 36.2 Å². The van der Waals surface area contributed by atoms with Crippen LogP contribution in [0.25, 0.3) is 0 Å². The number of nitrogens with zero attached hydrogens (tertiary/aromatic N) is 2. The predicted octanol–water partition coefficient (Wildman–Crippen LogP) is 5.23. The van der Waals surface area contributed by atoms with Crippen LogP contribution < -0.4 is 20.6 Å². The van der Waals surface area contributed by atoms with E-state index in [1.807, 2.05) is 0 Å². The summed E-state index contributed by atoms with van der Waals surface area (Å²) in [5, 5.41) is 11.3. The molecule has 1 aliphatic heterocycles. The highest BCUT2D eigenvalue weighted by molar-refractivity contribution is 6.00. The number of urea groups is 1. The first-order valence-electron chi connectivity index (χ1n) is 12.9. The van der Waals surface area contributed by atoms with Gasteiger partial charge in [0.05, 0.1) is 24.7 Å². The van der Waals surface area contributed by atoms with Crippen LogP contribution in [0.15, 0.2) is 59.3 Å². The van der Waals surface area contributed by atoms with Gasteiger partial charge in [-0.3, -0.25) is 14.6 Å². The molecule has 0 bridgehead atoms. The average Bonchev–Trinajstić information content (AvgIpc) is 3.58. The first-order chi connectivity index (χ1) is 19.1. The molecule has 5 rings (SSSR count). The fraction of sp³-hybridized carbons (Fsp3) is 0.407. The lowest BCUT2D eigenvalue weighted by Crippen LogP contribution is -2.46. The first kappa shape index (κ1) is 27.6. The lowest BCUT2D eigenvalue weighted by molar-refractivity contribution is -0.788. The number of carbonyl (C=O) groups is 2. The number of carbonyl (C=O) groups excluding carboxylic acids is 2. The van der Waals surface area contributed by atoms with Gasteiger partial charge in [-0.15, -0.1) is 0 Å². The maximum atomic E-state index is 13.6. The standard InChI is InChI=1S/C27H28F3N5O5/c1-17(18-5-3-2-4-6-18)24(36)31-20-13-19(27(28,29)30)14-21(15-20)32-25(37)33-23-16-35(34-40-23)22-7-9-26(10-8-22)38-11-12-39-26/h2-6,13-17,22H,7-12H2,1H3,(H2-,31,32,33,34,36,37)/p+1/t17-/m0/s1. The van der Waals surface area contributed by atoms with E-state index in [1.54, 1.807) is 41.9 Å². The minimum atomic E-state index is -4.71. The van der Waals surface area contributed by atoms with Crippen LogP contribution in [0.3, 0.4) is 0 Å². The summed E-state index contributed by atoms with van der Waals surface area (Å²) in [6.07, 6.45) is -0.294. The van der Waals surface area contributed by atoms with Crippen LogP contribution in [0.1, 0.15) is 55.7 Å². The molecule has 3 N–H and O–H groups in total. The molecule has 0 unspecified atom stereocenters. The van der Waals surface area contributed by atoms with Gasteiger partial charge in [0, 0.05) is 37.1 Å². The highest BCUT2D eigenvalue weighted by Crippen LogP contribution is 2.38. The summed E-state index contributed by atoms with van der Waals surface area (Å²) in [4.78, 5) is 25.3. The number of hydrogen-bond acceptors (Lipinski definition) is 6. The summed E-state index contributed by atoms with van der Waals surface area (Å²) >= 11 is 0. The minimum absolute atomic E-state index is 0.0170. The third-order valence-corrected chi connectivity index (χ3v) is 7.10. The van der Waals surface area contributed by atoms with E-state index in [4.69, 9.17) is 14.0 Å². The summed E-state index contributed by atoms with van der Waals surface area (Å²) in [7, 11) is 0. The normalized spacial score (nSPS) is 17.9. The predicted molar refractivity (Wildman–Crippen MR) is 136 cm³/mol. The topological polar surface area (TPSA) is 119 Å². The second-order valence-electron chi connectivity index (χ2n) is 9.88. The maximum Gasteiger partial charge on any atom is 0.416 e. The number of aromatic nitrogens is 2. The molecule has 1 spiro atoms. The molecule has 1 aromatic heterocycles. The lowest BCUT2D eigenvalue weighted by atomic mass is 9.90. The summed E-state index contributed by atoms with van der Waals surface area (Å²) in [5.41, 5.74) is -0.602. The molecule has 1 atom stereocenters. The zero-order chi connectivity index (χ0) is 28.3. The van der Waals surface area contributed by atoms with E-state index < -0.39 is 35.4 Å². The molecule has 2 heterocycles. The highest BCUT2D eigenvalue weighted by Gasteiger charge is 2.44. The highest BCUT2D eigenvalue weighted by atomic mass is 19.4. The molecule has 1 saturated carbocycles. The van der Waals surface area contributed by atoms with E-state index in [0.717, 1.165) is 25.0 Å².